The first-order valence-electron chi connectivity index (χ1n) is 7.73. The molecule has 0 saturated heterocycles. The fraction of sp³-hybridized carbons (Fsp3) is 0.222. The van der Waals surface area contributed by atoms with E-state index in [0.717, 1.165) is 13.0 Å². The van der Waals surface area contributed by atoms with Gasteiger partial charge in [-0.25, -0.2) is 8.78 Å². The van der Waals surface area contributed by atoms with E-state index in [9.17, 15) is 18.4 Å². The number of pyridine rings is 1. The van der Waals surface area contributed by atoms with Crippen LogP contribution in [0.2, 0.25) is 0 Å². The highest BCUT2D eigenvalue weighted by molar-refractivity contribution is 6.24. The molecule has 1 aromatic carbocycles. The summed E-state index contributed by atoms with van der Waals surface area (Å²) in [6, 6.07) is 8.27. The van der Waals surface area contributed by atoms with Gasteiger partial charge in [-0.1, -0.05) is 12.1 Å². The Kier molecular flexibility index (Phi) is 5.76. The average molecular weight is 360 g/mol. The second-order valence-electron chi connectivity index (χ2n) is 5.80. The van der Waals surface area contributed by atoms with Crippen molar-refractivity contribution in [3.63, 3.8) is 0 Å². The van der Waals surface area contributed by atoms with Crippen molar-refractivity contribution in [3.8, 4) is 0 Å². The highest BCUT2D eigenvalue weighted by atomic mass is 19.3. The van der Waals surface area contributed by atoms with Crippen LogP contribution in [0.1, 0.15) is 19.4 Å². The van der Waals surface area contributed by atoms with Crippen LogP contribution in [0.3, 0.4) is 0 Å². The fourth-order valence-corrected chi connectivity index (χ4v) is 2.25. The summed E-state index contributed by atoms with van der Waals surface area (Å²) >= 11 is 0. The highest BCUT2D eigenvalue weighted by Gasteiger charge is 2.30. The number of amides is 2. The Morgan fingerprint density at radius 1 is 1.08 bits per heavy atom. The van der Waals surface area contributed by atoms with Gasteiger partial charge in [0.15, 0.2) is 5.92 Å². The summed E-state index contributed by atoms with van der Waals surface area (Å²) in [5.41, 5.74) is 0.111. The van der Waals surface area contributed by atoms with Crippen LogP contribution in [0.5, 0.6) is 0 Å². The Balaban J connectivity index is 2.16. The van der Waals surface area contributed by atoms with Crippen LogP contribution in [0.25, 0.3) is 0 Å². The molecule has 6 nitrogen and oxygen atoms in total. The molecule has 1 atom stereocenters. The molecule has 2 amide bonds. The Bertz CT molecular complexity index is 819. The van der Waals surface area contributed by atoms with Gasteiger partial charge in [0.25, 0.3) is 5.92 Å². The first-order chi connectivity index (χ1) is 12.2. The van der Waals surface area contributed by atoms with Crippen LogP contribution in [0.15, 0.2) is 48.8 Å². The predicted octanol–water partition coefficient (Wildman–Crippen LogP) is 3.43. The summed E-state index contributed by atoms with van der Waals surface area (Å²) in [5, 5.41) is 12.7. The molecule has 0 aliphatic rings. The fourth-order valence-electron chi connectivity index (χ4n) is 2.25. The molecule has 0 aliphatic heterocycles. The summed E-state index contributed by atoms with van der Waals surface area (Å²) < 4.78 is 26.8. The number of alkyl halides is 2. The maximum Gasteiger partial charge on any atom is 0.270 e. The van der Waals surface area contributed by atoms with E-state index in [1.165, 1.54) is 37.5 Å². The van der Waals surface area contributed by atoms with Crippen molar-refractivity contribution in [3.05, 3.63) is 54.4 Å². The molecule has 3 N–H and O–H groups in total. The minimum atomic E-state index is -3.06. The van der Waals surface area contributed by atoms with Crippen LogP contribution >= 0.6 is 0 Å². The summed E-state index contributed by atoms with van der Waals surface area (Å²) in [6.07, 6.45) is 2.94. The lowest BCUT2D eigenvalue weighted by atomic mass is 10.0. The zero-order valence-electron chi connectivity index (χ0n) is 14.2. The molecule has 0 aliphatic carbocycles. The molecule has 1 unspecified atom stereocenters. The van der Waals surface area contributed by atoms with Crippen molar-refractivity contribution < 1.29 is 18.4 Å². The standard InChI is InChI=1S/C18H18F2N4O2/c1-11(21)15(16(25)23-13-6-8-22-9-7-13)17(26)24-14-5-3-4-12(10-14)18(2,19)20/h3-10,15,21H,1-2H3,(H,24,26)(H,22,23,25). The molecule has 0 bridgehead atoms. The molecule has 0 saturated carbocycles. The molecule has 26 heavy (non-hydrogen) atoms. The number of carbonyl (C=O) groups is 2. The molecular weight excluding hydrogens is 342 g/mol. The third-order valence-electron chi connectivity index (χ3n) is 3.54. The Morgan fingerprint density at radius 2 is 1.65 bits per heavy atom. The third kappa shape index (κ3) is 4.92. The Labute approximate surface area is 149 Å². The summed E-state index contributed by atoms with van der Waals surface area (Å²) in [5.74, 6) is -5.93. The van der Waals surface area contributed by atoms with E-state index >= 15 is 0 Å². The molecule has 136 valence electrons. The minimum Gasteiger partial charge on any atom is -0.325 e. The number of hydrogen-bond donors (Lipinski definition) is 3. The summed E-state index contributed by atoms with van der Waals surface area (Å²) in [7, 11) is 0. The highest BCUT2D eigenvalue weighted by Crippen LogP contribution is 2.28. The number of nitrogens with zero attached hydrogens (tertiary/aromatic N) is 1. The van der Waals surface area contributed by atoms with Gasteiger partial charge in [0.2, 0.25) is 11.8 Å². The first-order valence-corrected chi connectivity index (χ1v) is 7.73. The zero-order valence-corrected chi connectivity index (χ0v) is 14.2. The molecule has 2 rings (SSSR count). The number of rotatable bonds is 6. The van der Waals surface area contributed by atoms with Gasteiger partial charge >= 0.3 is 0 Å². The number of hydrogen-bond acceptors (Lipinski definition) is 4. The van der Waals surface area contributed by atoms with Crippen LogP contribution < -0.4 is 10.6 Å². The number of aromatic nitrogens is 1. The maximum absolute atomic E-state index is 13.4. The van der Waals surface area contributed by atoms with Crippen LogP contribution in [0.4, 0.5) is 20.2 Å². The summed E-state index contributed by atoms with van der Waals surface area (Å²) in [4.78, 5) is 28.6. The van der Waals surface area contributed by atoms with Gasteiger partial charge in [-0.15, -0.1) is 0 Å². The first kappa shape index (κ1) is 19.2. The Morgan fingerprint density at radius 3 is 2.19 bits per heavy atom. The van der Waals surface area contributed by atoms with Gasteiger partial charge in [-0.3, -0.25) is 14.6 Å². The molecule has 0 fully saturated rings. The lowest BCUT2D eigenvalue weighted by molar-refractivity contribution is -0.126. The molecule has 2 aromatic rings. The van der Waals surface area contributed by atoms with Gasteiger partial charge in [0.05, 0.1) is 0 Å². The quantitative estimate of drug-likeness (QED) is 0.544. The minimum absolute atomic E-state index is 0.122. The Hall–Kier alpha value is -3.16. The van der Waals surface area contributed by atoms with E-state index < -0.39 is 23.7 Å². The van der Waals surface area contributed by atoms with Gasteiger partial charge in [0, 0.05) is 42.0 Å². The number of anilines is 2. The normalized spacial score (nSPS) is 12.2. The van der Waals surface area contributed by atoms with Crippen LogP contribution in [0, 0.1) is 11.3 Å². The molecule has 0 radical (unpaired) electrons. The van der Waals surface area contributed by atoms with E-state index in [-0.39, 0.29) is 17.0 Å². The maximum atomic E-state index is 13.4. The third-order valence-corrected chi connectivity index (χ3v) is 3.54. The van der Waals surface area contributed by atoms with Crippen LogP contribution in [-0.4, -0.2) is 22.5 Å². The van der Waals surface area contributed by atoms with E-state index in [1.54, 1.807) is 12.1 Å². The van der Waals surface area contributed by atoms with Gasteiger partial charge in [-0.05, 0) is 31.2 Å². The molecule has 8 heteroatoms. The largest absolute Gasteiger partial charge is 0.325 e. The molecule has 1 aromatic heterocycles. The average Bonchev–Trinajstić information content (AvgIpc) is 2.54. The molecular formula is C18H18F2N4O2. The lowest BCUT2D eigenvalue weighted by Crippen LogP contribution is -2.38. The smallest absolute Gasteiger partial charge is 0.270 e. The van der Waals surface area contributed by atoms with Crippen molar-refractivity contribution in [2.24, 2.45) is 5.92 Å². The van der Waals surface area contributed by atoms with E-state index in [1.807, 2.05) is 0 Å². The van der Waals surface area contributed by atoms with Gasteiger partial charge < -0.3 is 16.0 Å². The topological polar surface area (TPSA) is 94.9 Å². The predicted molar refractivity (Wildman–Crippen MR) is 94.4 cm³/mol. The number of carbonyl (C=O) groups excluding carboxylic acids is 2. The zero-order chi connectivity index (χ0) is 19.3. The number of benzene rings is 1. The van der Waals surface area contributed by atoms with E-state index in [2.05, 4.69) is 15.6 Å². The number of nitrogens with one attached hydrogen (secondary N) is 3. The van der Waals surface area contributed by atoms with E-state index in [4.69, 9.17) is 5.41 Å². The number of halogens is 2. The van der Waals surface area contributed by atoms with Crippen LogP contribution in [-0.2, 0) is 15.5 Å². The second-order valence-corrected chi connectivity index (χ2v) is 5.80. The van der Waals surface area contributed by atoms with E-state index in [0.29, 0.717) is 5.69 Å². The van der Waals surface area contributed by atoms with Crippen molar-refractivity contribution >= 4 is 28.9 Å². The second kappa shape index (κ2) is 7.81. The van der Waals surface area contributed by atoms with Gasteiger partial charge in [0.1, 0.15) is 0 Å². The van der Waals surface area contributed by atoms with Crippen molar-refractivity contribution in [1.29, 1.82) is 5.41 Å². The molecule has 1 heterocycles. The van der Waals surface area contributed by atoms with Gasteiger partial charge in [-0.2, -0.15) is 0 Å². The van der Waals surface area contributed by atoms with Crippen molar-refractivity contribution in [1.82, 2.24) is 4.98 Å². The van der Waals surface area contributed by atoms with Crippen molar-refractivity contribution in [2.45, 2.75) is 19.8 Å². The van der Waals surface area contributed by atoms with Crippen molar-refractivity contribution in [2.75, 3.05) is 10.6 Å². The monoisotopic (exact) mass is 360 g/mol. The lowest BCUT2D eigenvalue weighted by Gasteiger charge is -2.17. The summed E-state index contributed by atoms with van der Waals surface area (Å²) in [6.45, 7) is 2.08. The SMILES string of the molecule is CC(=N)C(C(=O)Nc1ccncc1)C(=O)Nc1cccc(C(C)(F)F)c1. The molecule has 0 spiro atoms.